The highest BCUT2D eigenvalue weighted by Gasteiger charge is 2.65. The van der Waals surface area contributed by atoms with E-state index < -0.39 is 0 Å². The van der Waals surface area contributed by atoms with E-state index in [1.54, 1.807) is 0 Å². The molecule has 5 aliphatic rings. The molecule has 0 radical (unpaired) electrons. The Balaban J connectivity index is 1.61. The van der Waals surface area contributed by atoms with Crippen molar-refractivity contribution in [2.24, 2.45) is 22.7 Å². The van der Waals surface area contributed by atoms with Crippen LogP contribution in [-0.4, -0.2) is 42.5 Å². The van der Waals surface area contributed by atoms with E-state index in [2.05, 4.69) is 36.1 Å². The van der Waals surface area contributed by atoms with Crippen molar-refractivity contribution in [1.29, 1.82) is 0 Å². The van der Waals surface area contributed by atoms with Gasteiger partial charge in [0, 0.05) is 42.1 Å². The normalized spacial score (nSPS) is 47.9. The molecule has 1 aromatic rings. The van der Waals surface area contributed by atoms with Crippen LogP contribution in [-0.2, 0) is 10.2 Å². The first-order chi connectivity index (χ1) is 10.8. The molecule has 4 aliphatic heterocycles. The third-order valence-corrected chi connectivity index (χ3v) is 7.41. The maximum atomic E-state index is 6.26. The van der Waals surface area contributed by atoms with Crippen molar-refractivity contribution in [3.8, 4) is 0 Å². The Bertz CT molecular complexity index is 698. The minimum Gasteiger partial charge on any atom is -0.378 e. The summed E-state index contributed by atoms with van der Waals surface area (Å²) < 4.78 is 6.26. The molecule has 3 nitrogen and oxygen atoms in total. The molecule has 6 atom stereocenters. The summed E-state index contributed by atoms with van der Waals surface area (Å²) in [5.41, 5.74) is 4.42. The highest BCUT2D eigenvalue weighted by molar-refractivity contribution is 6.07. The Morgan fingerprint density at radius 2 is 2.18 bits per heavy atom. The fraction of sp³-hybridized carbons (Fsp3) is 0.632. The second-order valence-electron chi connectivity index (χ2n) is 7.95. The van der Waals surface area contributed by atoms with Gasteiger partial charge in [-0.2, -0.15) is 0 Å². The van der Waals surface area contributed by atoms with Gasteiger partial charge in [0.05, 0.1) is 18.4 Å². The number of benzene rings is 1. The van der Waals surface area contributed by atoms with Gasteiger partial charge in [0.25, 0.3) is 0 Å². The Morgan fingerprint density at radius 1 is 1.27 bits per heavy atom. The molecule has 0 amide bonds. The number of nitrogens with zero attached hydrogens (tertiary/aromatic N) is 2. The van der Waals surface area contributed by atoms with Crippen molar-refractivity contribution < 1.29 is 4.74 Å². The summed E-state index contributed by atoms with van der Waals surface area (Å²) in [6.45, 7) is 5.69. The molecule has 3 heteroatoms. The van der Waals surface area contributed by atoms with Gasteiger partial charge in [0.2, 0.25) is 0 Å². The Hall–Kier alpha value is -1.19. The fourth-order valence-electron chi connectivity index (χ4n) is 6.46. The minimum atomic E-state index is 0.194. The highest BCUT2D eigenvalue weighted by atomic mass is 16.5. The number of hydrogen-bond donors (Lipinski definition) is 0. The summed E-state index contributed by atoms with van der Waals surface area (Å²) in [5.74, 6) is 2.20. The van der Waals surface area contributed by atoms with Crippen molar-refractivity contribution in [3.63, 3.8) is 0 Å². The van der Waals surface area contributed by atoms with E-state index in [1.165, 1.54) is 42.9 Å². The maximum Gasteiger partial charge on any atom is 0.0671 e. The molecule has 1 saturated carbocycles. The summed E-state index contributed by atoms with van der Waals surface area (Å²) in [7, 11) is 0. The second-order valence-corrected chi connectivity index (χ2v) is 7.95. The minimum absolute atomic E-state index is 0.194. The smallest absolute Gasteiger partial charge is 0.0671 e. The molecule has 0 N–H and O–H groups in total. The van der Waals surface area contributed by atoms with Crippen LogP contribution >= 0.6 is 0 Å². The molecule has 6 rings (SSSR count). The molecular formula is C19H22N2O. The fourth-order valence-corrected chi connectivity index (χ4v) is 6.46. The van der Waals surface area contributed by atoms with Gasteiger partial charge in [0.1, 0.15) is 0 Å². The van der Waals surface area contributed by atoms with Crippen LogP contribution in [0.4, 0.5) is 5.69 Å². The van der Waals surface area contributed by atoms with Gasteiger partial charge >= 0.3 is 0 Å². The van der Waals surface area contributed by atoms with Gasteiger partial charge in [-0.05, 0) is 37.3 Å². The van der Waals surface area contributed by atoms with Crippen molar-refractivity contribution in [1.82, 2.24) is 4.90 Å². The number of para-hydroxylation sites is 1. The van der Waals surface area contributed by atoms with Gasteiger partial charge in [-0.3, -0.25) is 9.89 Å². The summed E-state index contributed by atoms with van der Waals surface area (Å²) in [6.07, 6.45) is 2.98. The number of aliphatic imine (C=N–C) groups is 1. The Labute approximate surface area is 131 Å². The molecule has 0 aromatic heterocycles. The van der Waals surface area contributed by atoms with E-state index in [0.29, 0.717) is 18.1 Å². The molecule has 1 aromatic carbocycles. The van der Waals surface area contributed by atoms with E-state index in [0.717, 1.165) is 18.4 Å². The molecule has 3 saturated heterocycles. The first-order valence-corrected chi connectivity index (χ1v) is 8.83. The van der Waals surface area contributed by atoms with Crippen LogP contribution in [0, 0.1) is 17.8 Å². The summed E-state index contributed by atoms with van der Waals surface area (Å²) in [6, 6.07) is 9.50. The largest absolute Gasteiger partial charge is 0.378 e. The van der Waals surface area contributed by atoms with Crippen LogP contribution in [0.5, 0.6) is 0 Å². The predicted octanol–water partition coefficient (Wildman–Crippen LogP) is 2.77. The lowest BCUT2D eigenvalue weighted by atomic mass is 9.49. The number of piperidine rings is 2. The zero-order valence-corrected chi connectivity index (χ0v) is 13.0. The zero-order chi connectivity index (χ0) is 14.5. The SMILES string of the molecule is C[C@H]1OC[C@@H]2[C@H]3C[C@H]4C5=Nc6ccccc6[C@]52CCN4C[C@H]31. The van der Waals surface area contributed by atoms with Crippen molar-refractivity contribution >= 4 is 11.4 Å². The van der Waals surface area contributed by atoms with Crippen LogP contribution in [0.25, 0.3) is 0 Å². The molecular weight excluding hydrogens is 272 g/mol. The molecule has 3 bridgehead atoms. The van der Waals surface area contributed by atoms with Gasteiger partial charge < -0.3 is 4.74 Å². The number of ether oxygens (including phenoxy) is 1. The van der Waals surface area contributed by atoms with E-state index in [9.17, 15) is 0 Å². The molecule has 4 fully saturated rings. The Kier molecular flexibility index (Phi) is 2.13. The van der Waals surface area contributed by atoms with Crippen LogP contribution in [0.2, 0.25) is 0 Å². The lowest BCUT2D eigenvalue weighted by molar-refractivity contribution is -0.152. The first kappa shape index (κ1) is 12.3. The molecule has 22 heavy (non-hydrogen) atoms. The van der Waals surface area contributed by atoms with Crippen LogP contribution < -0.4 is 0 Å². The zero-order valence-electron chi connectivity index (χ0n) is 13.0. The molecule has 0 unspecified atom stereocenters. The van der Waals surface area contributed by atoms with Crippen LogP contribution in [0.3, 0.4) is 0 Å². The molecule has 1 aliphatic carbocycles. The average Bonchev–Trinajstić information content (AvgIpc) is 2.90. The summed E-state index contributed by atoms with van der Waals surface area (Å²) in [5, 5.41) is 0. The lowest BCUT2D eigenvalue weighted by Crippen LogP contribution is -2.72. The van der Waals surface area contributed by atoms with E-state index in [-0.39, 0.29) is 5.41 Å². The van der Waals surface area contributed by atoms with Crippen molar-refractivity contribution in [3.05, 3.63) is 29.8 Å². The monoisotopic (exact) mass is 294 g/mol. The molecule has 4 heterocycles. The Morgan fingerprint density at radius 3 is 3.14 bits per heavy atom. The molecule has 114 valence electrons. The third-order valence-electron chi connectivity index (χ3n) is 7.41. The predicted molar refractivity (Wildman–Crippen MR) is 85.7 cm³/mol. The first-order valence-electron chi connectivity index (χ1n) is 8.83. The summed E-state index contributed by atoms with van der Waals surface area (Å²) in [4.78, 5) is 7.87. The van der Waals surface area contributed by atoms with Crippen molar-refractivity contribution in [2.45, 2.75) is 37.3 Å². The summed E-state index contributed by atoms with van der Waals surface area (Å²) >= 11 is 0. The van der Waals surface area contributed by atoms with Crippen LogP contribution in [0.15, 0.2) is 29.3 Å². The van der Waals surface area contributed by atoms with Gasteiger partial charge in [0.15, 0.2) is 0 Å². The lowest BCUT2D eigenvalue weighted by Gasteiger charge is -2.64. The standard InChI is InChI=1S/C19H22N2O/c1-11-13-9-21-7-6-19-14-4-2-3-5-16(14)20-18(19)17(21)8-12(13)15(19)10-22-11/h2-5,11-13,15,17H,6-10H2,1H3/t11-,12+,13+,15-,17+,19+/m1/s1. The van der Waals surface area contributed by atoms with Crippen LogP contribution in [0.1, 0.15) is 25.3 Å². The van der Waals surface area contributed by atoms with Gasteiger partial charge in [-0.25, -0.2) is 0 Å². The molecule has 0 spiro atoms. The topological polar surface area (TPSA) is 24.8 Å². The number of rotatable bonds is 0. The average molecular weight is 294 g/mol. The van der Waals surface area contributed by atoms with E-state index >= 15 is 0 Å². The van der Waals surface area contributed by atoms with Gasteiger partial charge in [-0.15, -0.1) is 0 Å². The quantitative estimate of drug-likeness (QED) is 0.735. The van der Waals surface area contributed by atoms with E-state index in [1.807, 2.05) is 0 Å². The second kappa shape index (κ2) is 3.82. The van der Waals surface area contributed by atoms with Gasteiger partial charge in [-0.1, -0.05) is 18.2 Å². The van der Waals surface area contributed by atoms with E-state index in [4.69, 9.17) is 9.73 Å². The van der Waals surface area contributed by atoms with Crippen molar-refractivity contribution in [2.75, 3.05) is 19.7 Å². The number of hydrogen-bond acceptors (Lipinski definition) is 3. The number of fused-ring (bicyclic) bond motifs is 1. The highest BCUT2D eigenvalue weighted by Crippen LogP contribution is 2.61. The third kappa shape index (κ3) is 1.19. The maximum absolute atomic E-state index is 6.26.